The summed E-state index contributed by atoms with van der Waals surface area (Å²) >= 11 is 0. The Morgan fingerprint density at radius 2 is 2.05 bits per heavy atom. The average Bonchev–Trinajstić information content (AvgIpc) is 2.36. The lowest BCUT2D eigenvalue weighted by atomic mass is 10.0. The van der Waals surface area contributed by atoms with Gasteiger partial charge >= 0.3 is 11.9 Å². The van der Waals surface area contributed by atoms with Gasteiger partial charge in [-0.3, -0.25) is 0 Å². The first-order chi connectivity index (χ1) is 9.35. The van der Waals surface area contributed by atoms with Crippen molar-refractivity contribution in [3.8, 4) is 11.8 Å². The largest absolute Gasteiger partial charge is 0.508 e. The number of carbonyl (C=O) groups excluding carboxylic acids is 1. The fraction of sp³-hybridized carbons (Fsp3) is 0.214. The fourth-order valence-corrected chi connectivity index (χ4v) is 1.43. The van der Waals surface area contributed by atoms with E-state index in [0.29, 0.717) is 0 Å². The van der Waals surface area contributed by atoms with E-state index in [-0.39, 0.29) is 22.4 Å². The van der Waals surface area contributed by atoms with Crippen LogP contribution in [0.25, 0.3) is 6.08 Å². The number of rotatable bonds is 4. The van der Waals surface area contributed by atoms with Gasteiger partial charge in [-0.1, -0.05) is 6.07 Å². The number of phenols is 1. The minimum Gasteiger partial charge on any atom is -0.508 e. The van der Waals surface area contributed by atoms with E-state index in [4.69, 9.17) is 15.1 Å². The minimum absolute atomic E-state index is 0.132. The van der Waals surface area contributed by atoms with E-state index >= 15 is 0 Å². The van der Waals surface area contributed by atoms with Crippen molar-refractivity contribution < 1.29 is 24.5 Å². The number of carboxylic acids is 1. The van der Waals surface area contributed by atoms with E-state index in [0.717, 1.165) is 12.1 Å². The molecule has 0 fully saturated rings. The normalized spacial score (nSPS) is 11.0. The molecular formula is C14H13NO5. The number of esters is 1. The minimum atomic E-state index is -1.28. The summed E-state index contributed by atoms with van der Waals surface area (Å²) in [4.78, 5) is 22.7. The number of aromatic carboxylic acids is 1. The van der Waals surface area contributed by atoms with E-state index in [9.17, 15) is 14.7 Å². The number of hydrogen-bond acceptors (Lipinski definition) is 5. The van der Waals surface area contributed by atoms with Crippen LogP contribution in [0.2, 0.25) is 0 Å². The number of benzene rings is 1. The highest BCUT2D eigenvalue weighted by atomic mass is 16.5. The van der Waals surface area contributed by atoms with Crippen LogP contribution in [0, 0.1) is 11.3 Å². The number of nitrogens with zero attached hydrogens (tertiary/aromatic N) is 1. The molecule has 0 radical (unpaired) electrons. The third-order valence-corrected chi connectivity index (χ3v) is 2.25. The summed E-state index contributed by atoms with van der Waals surface area (Å²) in [6.07, 6.45) is 0.728. The average molecular weight is 275 g/mol. The van der Waals surface area contributed by atoms with Crippen molar-refractivity contribution in [2.24, 2.45) is 0 Å². The second kappa shape index (κ2) is 6.38. The van der Waals surface area contributed by atoms with Gasteiger partial charge in [-0.2, -0.15) is 5.26 Å². The predicted molar refractivity (Wildman–Crippen MR) is 69.9 cm³/mol. The smallest absolute Gasteiger partial charge is 0.349 e. The molecule has 0 heterocycles. The van der Waals surface area contributed by atoms with E-state index < -0.39 is 18.0 Å². The molecule has 0 saturated heterocycles. The highest BCUT2D eigenvalue weighted by Gasteiger charge is 2.15. The second-order valence-corrected chi connectivity index (χ2v) is 4.20. The van der Waals surface area contributed by atoms with E-state index in [1.54, 1.807) is 19.9 Å². The Morgan fingerprint density at radius 1 is 1.40 bits per heavy atom. The van der Waals surface area contributed by atoms with E-state index in [1.807, 2.05) is 0 Å². The van der Waals surface area contributed by atoms with Gasteiger partial charge in [0.05, 0.1) is 11.7 Å². The fourth-order valence-electron chi connectivity index (χ4n) is 1.43. The zero-order chi connectivity index (χ0) is 15.3. The van der Waals surface area contributed by atoms with Crippen LogP contribution in [-0.4, -0.2) is 28.3 Å². The maximum Gasteiger partial charge on any atom is 0.349 e. The van der Waals surface area contributed by atoms with Crippen molar-refractivity contribution in [1.82, 2.24) is 0 Å². The molecule has 0 amide bonds. The summed E-state index contributed by atoms with van der Waals surface area (Å²) in [5, 5.41) is 27.2. The first-order valence-corrected chi connectivity index (χ1v) is 5.74. The number of nitriles is 1. The molecule has 0 spiro atoms. The van der Waals surface area contributed by atoms with Crippen LogP contribution >= 0.6 is 0 Å². The van der Waals surface area contributed by atoms with Gasteiger partial charge in [0.2, 0.25) is 0 Å². The van der Waals surface area contributed by atoms with Crippen LogP contribution < -0.4 is 0 Å². The molecule has 0 aromatic heterocycles. The first-order valence-electron chi connectivity index (χ1n) is 5.74. The van der Waals surface area contributed by atoms with Crippen LogP contribution in [0.1, 0.15) is 29.8 Å². The number of aromatic hydroxyl groups is 1. The molecule has 2 N–H and O–H groups in total. The Balaban J connectivity index is 3.24. The number of carbonyl (C=O) groups is 2. The van der Waals surface area contributed by atoms with Crippen molar-refractivity contribution in [1.29, 1.82) is 5.26 Å². The molecule has 0 aliphatic carbocycles. The van der Waals surface area contributed by atoms with Crippen molar-refractivity contribution in [2.75, 3.05) is 0 Å². The maximum atomic E-state index is 11.6. The Bertz CT molecular complexity index is 610. The standard InChI is InChI=1S/C14H13NO5/c1-8(2)20-14(19)10(7-15)5-9-3-4-11(16)6-12(9)13(17)18/h3-6,8,16H,1-2H3,(H,17,18). The summed E-state index contributed by atoms with van der Waals surface area (Å²) in [6.45, 7) is 3.27. The molecule has 104 valence electrons. The van der Waals surface area contributed by atoms with Crippen molar-refractivity contribution >= 4 is 18.0 Å². The third-order valence-electron chi connectivity index (χ3n) is 2.25. The van der Waals surface area contributed by atoms with Crippen LogP contribution in [0.4, 0.5) is 0 Å². The zero-order valence-electron chi connectivity index (χ0n) is 11.0. The van der Waals surface area contributed by atoms with E-state index in [2.05, 4.69) is 0 Å². The Hall–Kier alpha value is -2.81. The van der Waals surface area contributed by atoms with Gasteiger partial charge in [0.1, 0.15) is 17.4 Å². The van der Waals surface area contributed by atoms with Gasteiger partial charge in [0.15, 0.2) is 0 Å². The van der Waals surface area contributed by atoms with Crippen molar-refractivity contribution in [3.05, 3.63) is 34.9 Å². The van der Waals surface area contributed by atoms with E-state index in [1.165, 1.54) is 12.1 Å². The lowest BCUT2D eigenvalue weighted by molar-refractivity contribution is -0.142. The molecule has 0 atom stereocenters. The summed E-state index contributed by atoms with van der Waals surface area (Å²) in [6, 6.07) is 5.28. The van der Waals surface area contributed by atoms with Crippen molar-refractivity contribution in [2.45, 2.75) is 20.0 Å². The lowest BCUT2D eigenvalue weighted by Gasteiger charge is -2.07. The molecule has 20 heavy (non-hydrogen) atoms. The molecule has 0 unspecified atom stereocenters. The Labute approximate surface area is 115 Å². The van der Waals surface area contributed by atoms with Crippen LogP contribution in [-0.2, 0) is 9.53 Å². The first kappa shape index (κ1) is 15.2. The molecule has 1 rings (SSSR count). The van der Waals surface area contributed by atoms with Gasteiger partial charge in [-0.15, -0.1) is 0 Å². The highest BCUT2D eigenvalue weighted by molar-refractivity contribution is 6.00. The summed E-state index contributed by atoms with van der Waals surface area (Å²) in [7, 11) is 0. The molecule has 0 aliphatic rings. The molecule has 6 heteroatoms. The van der Waals surface area contributed by atoms with Crippen LogP contribution in [0.3, 0.4) is 0 Å². The molecule has 1 aromatic rings. The quantitative estimate of drug-likeness (QED) is 0.494. The van der Waals surface area contributed by atoms with Crippen molar-refractivity contribution in [3.63, 3.8) is 0 Å². The predicted octanol–water partition coefficient (Wildman–Crippen LogP) is 1.95. The summed E-state index contributed by atoms with van der Waals surface area (Å²) in [5.74, 6) is -2.32. The van der Waals surface area contributed by atoms with Crippen LogP contribution in [0.15, 0.2) is 23.8 Å². The molecule has 0 aliphatic heterocycles. The van der Waals surface area contributed by atoms with Crippen LogP contribution in [0.5, 0.6) is 5.75 Å². The molecule has 0 bridgehead atoms. The lowest BCUT2D eigenvalue weighted by Crippen LogP contribution is -2.13. The maximum absolute atomic E-state index is 11.6. The SMILES string of the molecule is CC(C)OC(=O)C(C#N)=Cc1ccc(O)cc1C(=O)O. The van der Waals surface area contributed by atoms with Gasteiger partial charge in [-0.25, -0.2) is 9.59 Å². The molecule has 1 aromatic carbocycles. The Kier molecular flexibility index (Phi) is 4.87. The third kappa shape index (κ3) is 3.85. The van der Waals surface area contributed by atoms with Gasteiger partial charge < -0.3 is 14.9 Å². The van der Waals surface area contributed by atoms with Gasteiger partial charge in [0.25, 0.3) is 0 Å². The Morgan fingerprint density at radius 3 is 2.55 bits per heavy atom. The number of carboxylic acid groups (broad SMARTS) is 1. The number of phenolic OH excluding ortho intramolecular Hbond substituents is 1. The molecule has 6 nitrogen and oxygen atoms in total. The molecular weight excluding hydrogens is 262 g/mol. The number of ether oxygens (including phenoxy) is 1. The number of hydrogen-bond donors (Lipinski definition) is 2. The second-order valence-electron chi connectivity index (χ2n) is 4.20. The van der Waals surface area contributed by atoms with Gasteiger partial charge in [-0.05, 0) is 37.6 Å². The highest BCUT2D eigenvalue weighted by Crippen LogP contribution is 2.19. The summed E-state index contributed by atoms with van der Waals surface area (Å²) in [5.41, 5.74) is -0.394. The summed E-state index contributed by atoms with van der Waals surface area (Å²) < 4.78 is 4.87. The zero-order valence-corrected chi connectivity index (χ0v) is 11.0. The monoisotopic (exact) mass is 275 g/mol. The topological polar surface area (TPSA) is 108 Å². The molecule has 0 saturated carbocycles. The van der Waals surface area contributed by atoms with Gasteiger partial charge in [0, 0.05) is 0 Å².